The maximum absolute atomic E-state index is 11.7. The zero-order chi connectivity index (χ0) is 13.1. The van der Waals surface area contributed by atoms with E-state index in [4.69, 9.17) is 0 Å². The van der Waals surface area contributed by atoms with E-state index in [1.807, 2.05) is 27.7 Å². The summed E-state index contributed by atoms with van der Waals surface area (Å²) < 4.78 is 1.67. The van der Waals surface area contributed by atoms with Gasteiger partial charge in [0.25, 0.3) is 5.91 Å². The minimum absolute atomic E-state index is 0.00809. The van der Waals surface area contributed by atoms with Crippen molar-refractivity contribution in [3.05, 3.63) is 18.0 Å². The Bertz CT molecular complexity index is 416. The molecule has 0 atom stereocenters. The molecule has 0 saturated carbocycles. The van der Waals surface area contributed by atoms with Gasteiger partial charge in [0, 0.05) is 18.2 Å². The Morgan fingerprint density at radius 3 is 2.53 bits per heavy atom. The molecule has 0 unspecified atom stereocenters. The van der Waals surface area contributed by atoms with Crippen molar-refractivity contribution >= 4 is 11.7 Å². The summed E-state index contributed by atoms with van der Waals surface area (Å²) in [5, 5.41) is 6.60. The molecule has 5 heteroatoms. The van der Waals surface area contributed by atoms with Gasteiger partial charge in [0.15, 0.2) is 5.78 Å². The third-order valence-corrected chi connectivity index (χ3v) is 2.47. The molecule has 1 N–H and O–H groups in total. The lowest BCUT2D eigenvalue weighted by Gasteiger charge is -2.16. The first-order chi connectivity index (χ1) is 7.84. The zero-order valence-corrected chi connectivity index (χ0v) is 10.8. The fourth-order valence-electron chi connectivity index (χ4n) is 1.18. The second kappa shape index (κ2) is 5.12. The summed E-state index contributed by atoms with van der Waals surface area (Å²) in [5.41, 5.74) is 0.0505. The SMILES string of the molecule is CCn1cc(C(=O)NCC(=O)C(C)(C)C)cn1. The summed E-state index contributed by atoms with van der Waals surface area (Å²) in [7, 11) is 0. The van der Waals surface area contributed by atoms with E-state index in [1.165, 1.54) is 6.20 Å². The molecular formula is C12H19N3O2. The van der Waals surface area contributed by atoms with Crippen LogP contribution in [-0.4, -0.2) is 28.0 Å². The number of hydrogen-bond acceptors (Lipinski definition) is 3. The predicted molar refractivity (Wildman–Crippen MR) is 64.7 cm³/mol. The molecule has 1 amide bonds. The molecule has 1 rings (SSSR count). The summed E-state index contributed by atoms with van der Waals surface area (Å²) >= 11 is 0. The highest BCUT2D eigenvalue weighted by atomic mass is 16.2. The van der Waals surface area contributed by atoms with Gasteiger partial charge in [0.05, 0.1) is 18.3 Å². The Labute approximate surface area is 101 Å². The Hall–Kier alpha value is -1.65. The van der Waals surface area contributed by atoms with Crippen LogP contribution in [0.1, 0.15) is 38.1 Å². The average molecular weight is 237 g/mol. The molecule has 94 valence electrons. The average Bonchev–Trinajstić information content (AvgIpc) is 2.72. The molecule has 0 radical (unpaired) electrons. The minimum Gasteiger partial charge on any atom is -0.345 e. The maximum atomic E-state index is 11.7. The van der Waals surface area contributed by atoms with Crippen molar-refractivity contribution in [3.8, 4) is 0 Å². The highest BCUT2D eigenvalue weighted by Crippen LogP contribution is 2.13. The Morgan fingerprint density at radius 1 is 1.41 bits per heavy atom. The second-order valence-electron chi connectivity index (χ2n) is 4.94. The van der Waals surface area contributed by atoms with E-state index in [0.29, 0.717) is 12.1 Å². The summed E-state index contributed by atoms with van der Waals surface area (Å²) in [6.45, 7) is 8.20. The van der Waals surface area contributed by atoms with Gasteiger partial charge >= 0.3 is 0 Å². The number of ketones is 1. The molecule has 0 fully saturated rings. The number of Topliss-reactive ketones (excluding diaryl/α,β-unsaturated/α-hetero) is 1. The van der Waals surface area contributed by atoms with Crippen molar-refractivity contribution in [1.29, 1.82) is 0 Å². The van der Waals surface area contributed by atoms with Gasteiger partial charge in [0.2, 0.25) is 0 Å². The topological polar surface area (TPSA) is 64.0 Å². The summed E-state index contributed by atoms with van der Waals surface area (Å²) in [6.07, 6.45) is 3.16. The monoisotopic (exact) mass is 237 g/mol. The molecule has 0 bridgehead atoms. The van der Waals surface area contributed by atoms with Crippen molar-refractivity contribution in [1.82, 2.24) is 15.1 Å². The number of nitrogens with one attached hydrogen (secondary N) is 1. The lowest BCUT2D eigenvalue weighted by molar-refractivity contribution is -0.125. The van der Waals surface area contributed by atoms with Gasteiger partial charge < -0.3 is 5.32 Å². The summed E-state index contributed by atoms with van der Waals surface area (Å²) in [5.74, 6) is -0.254. The van der Waals surface area contributed by atoms with Crippen LogP contribution < -0.4 is 5.32 Å². The molecule has 1 aromatic rings. The van der Waals surface area contributed by atoms with Gasteiger partial charge in [-0.1, -0.05) is 20.8 Å². The lowest BCUT2D eigenvalue weighted by Crippen LogP contribution is -2.35. The Balaban J connectivity index is 2.53. The van der Waals surface area contributed by atoms with Crippen molar-refractivity contribution < 1.29 is 9.59 Å². The molecule has 17 heavy (non-hydrogen) atoms. The van der Waals surface area contributed by atoms with Gasteiger partial charge in [0.1, 0.15) is 0 Å². The van der Waals surface area contributed by atoms with Crippen molar-refractivity contribution in [2.75, 3.05) is 6.54 Å². The van der Waals surface area contributed by atoms with E-state index in [-0.39, 0.29) is 18.2 Å². The number of hydrogen-bond donors (Lipinski definition) is 1. The first-order valence-corrected chi connectivity index (χ1v) is 5.68. The van der Waals surface area contributed by atoms with Crippen LogP contribution in [0.5, 0.6) is 0 Å². The third kappa shape index (κ3) is 3.69. The van der Waals surface area contributed by atoms with E-state index in [1.54, 1.807) is 10.9 Å². The van der Waals surface area contributed by atoms with E-state index in [2.05, 4.69) is 10.4 Å². The van der Waals surface area contributed by atoms with Gasteiger partial charge in [-0.3, -0.25) is 14.3 Å². The number of rotatable bonds is 4. The van der Waals surface area contributed by atoms with Crippen LogP contribution in [0.2, 0.25) is 0 Å². The minimum atomic E-state index is -0.430. The third-order valence-electron chi connectivity index (χ3n) is 2.47. The number of carbonyl (C=O) groups excluding carboxylic acids is 2. The van der Waals surface area contributed by atoms with Crippen molar-refractivity contribution in [2.45, 2.75) is 34.2 Å². The van der Waals surface area contributed by atoms with Gasteiger partial charge in [-0.05, 0) is 6.92 Å². The largest absolute Gasteiger partial charge is 0.345 e. The molecule has 0 aliphatic carbocycles. The van der Waals surface area contributed by atoms with Crippen molar-refractivity contribution in [3.63, 3.8) is 0 Å². The number of nitrogens with zero attached hydrogens (tertiary/aromatic N) is 2. The normalized spacial score (nSPS) is 11.3. The zero-order valence-electron chi connectivity index (χ0n) is 10.8. The fourth-order valence-corrected chi connectivity index (χ4v) is 1.18. The second-order valence-corrected chi connectivity index (χ2v) is 4.94. The van der Waals surface area contributed by atoms with E-state index in [0.717, 1.165) is 0 Å². The first-order valence-electron chi connectivity index (χ1n) is 5.68. The van der Waals surface area contributed by atoms with Gasteiger partial charge in [-0.25, -0.2) is 0 Å². The van der Waals surface area contributed by atoms with Crippen LogP contribution in [-0.2, 0) is 11.3 Å². The summed E-state index contributed by atoms with van der Waals surface area (Å²) in [4.78, 5) is 23.3. The van der Waals surface area contributed by atoms with E-state index in [9.17, 15) is 9.59 Å². The maximum Gasteiger partial charge on any atom is 0.254 e. The molecule has 1 aromatic heterocycles. The smallest absolute Gasteiger partial charge is 0.254 e. The number of aryl methyl sites for hydroxylation is 1. The number of carbonyl (C=O) groups is 2. The highest BCUT2D eigenvalue weighted by Gasteiger charge is 2.21. The van der Waals surface area contributed by atoms with Crippen LogP contribution in [0.25, 0.3) is 0 Å². The molecule has 0 saturated heterocycles. The summed E-state index contributed by atoms with van der Waals surface area (Å²) in [6, 6.07) is 0. The standard InChI is InChI=1S/C12H19N3O2/c1-5-15-8-9(6-14-15)11(17)13-7-10(16)12(2,3)4/h6,8H,5,7H2,1-4H3,(H,13,17). The molecule has 0 aliphatic rings. The van der Waals surface area contributed by atoms with Crippen LogP contribution >= 0.6 is 0 Å². The molecule has 0 aromatic carbocycles. The van der Waals surface area contributed by atoms with Crippen molar-refractivity contribution in [2.24, 2.45) is 5.41 Å². The quantitative estimate of drug-likeness (QED) is 0.857. The van der Waals surface area contributed by atoms with Crippen LogP contribution in [0.3, 0.4) is 0 Å². The Morgan fingerprint density at radius 2 is 2.06 bits per heavy atom. The highest BCUT2D eigenvalue weighted by molar-refractivity contribution is 5.97. The Kier molecular flexibility index (Phi) is 4.04. The van der Waals surface area contributed by atoms with Crippen LogP contribution in [0.4, 0.5) is 0 Å². The van der Waals surface area contributed by atoms with Gasteiger partial charge in [-0.15, -0.1) is 0 Å². The lowest BCUT2D eigenvalue weighted by atomic mass is 9.91. The molecule has 1 heterocycles. The van der Waals surface area contributed by atoms with Crippen LogP contribution in [0, 0.1) is 5.41 Å². The molecule has 0 spiro atoms. The number of aromatic nitrogens is 2. The first kappa shape index (κ1) is 13.4. The van der Waals surface area contributed by atoms with E-state index < -0.39 is 5.41 Å². The fraction of sp³-hybridized carbons (Fsp3) is 0.583. The van der Waals surface area contributed by atoms with E-state index >= 15 is 0 Å². The molecule has 5 nitrogen and oxygen atoms in total. The molecule has 0 aliphatic heterocycles. The predicted octanol–water partition coefficient (Wildman–Crippen LogP) is 1.25. The van der Waals surface area contributed by atoms with Crippen LogP contribution in [0.15, 0.2) is 12.4 Å². The molecular weight excluding hydrogens is 218 g/mol. The number of amides is 1. The van der Waals surface area contributed by atoms with Gasteiger partial charge in [-0.2, -0.15) is 5.10 Å².